The van der Waals surface area contributed by atoms with Crippen molar-refractivity contribution in [3.8, 4) is 0 Å². The smallest absolute Gasteiger partial charge is 0.390 e. The van der Waals surface area contributed by atoms with Gasteiger partial charge >= 0.3 is 8.80 Å². The van der Waals surface area contributed by atoms with Gasteiger partial charge in [0.2, 0.25) is 0 Å². The Kier molecular flexibility index (Phi) is 6.57. The van der Waals surface area contributed by atoms with E-state index in [-0.39, 0.29) is 0 Å². The summed E-state index contributed by atoms with van der Waals surface area (Å²) < 4.78 is 35.8. The third-order valence-electron chi connectivity index (χ3n) is 3.02. The molecule has 0 unspecified atom stereocenters. The van der Waals surface area contributed by atoms with Crippen LogP contribution in [0.5, 0.6) is 0 Å². The van der Waals surface area contributed by atoms with E-state index >= 15 is 0 Å². The maximum atomic E-state index is 13.0. The van der Waals surface area contributed by atoms with Gasteiger partial charge in [0.25, 0.3) is 0 Å². The van der Waals surface area contributed by atoms with Crippen LogP contribution in [0.2, 0.25) is 6.04 Å². The molecule has 1 aromatic rings. The Morgan fingerprint density at radius 3 is 2.11 bits per heavy atom. The van der Waals surface area contributed by atoms with Crippen LogP contribution in [0.25, 0.3) is 0 Å². The van der Waals surface area contributed by atoms with Gasteiger partial charge < -0.3 is 13.6 Å². The van der Waals surface area contributed by atoms with Crippen LogP contribution in [0.1, 0.15) is 24.8 Å². The van der Waals surface area contributed by atoms with Gasteiger partial charge in [-0.3, -0.25) is 0 Å². The van der Waals surface area contributed by atoms with Crippen LogP contribution in [0.3, 0.4) is 0 Å². The molecule has 0 bridgehead atoms. The Hall–Kier alpha value is -0.823. The average Bonchev–Trinajstić information content (AvgIpc) is 2.37. The molecule has 0 atom stereocenters. The fourth-order valence-corrected chi connectivity index (χ4v) is 3.17. The van der Waals surface area contributed by atoms with Crippen molar-refractivity contribution >= 4 is 8.80 Å². The summed E-state index contributed by atoms with van der Waals surface area (Å²) in [6.07, 6.45) is 3.04. The lowest BCUT2D eigenvalue weighted by Gasteiger charge is -2.19. The minimum atomic E-state index is -2.96. The maximum absolute atomic E-state index is 13.0. The van der Waals surface area contributed by atoms with Crippen molar-refractivity contribution in [3.63, 3.8) is 0 Å². The highest BCUT2D eigenvalue weighted by Gasteiger charge is 2.33. The minimum absolute atomic E-state index is 0.498. The van der Waals surface area contributed by atoms with E-state index < -0.39 is 20.4 Å². The van der Waals surface area contributed by atoms with Crippen molar-refractivity contribution in [1.29, 1.82) is 0 Å². The summed E-state index contributed by atoms with van der Waals surface area (Å²) in [6, 6.07) is 4.06. The zero-order chi connectivity index (χ0) is 14.3. The molecular weight excluding hydrogens is 270 g/mol. The fraction of sp³-hybridized carbons (Fsp3) is 0.538. The van der Waals surface area contributed by atoms with Gasteiger partial charge in [-0.15, -0.1) is 0 Å². The van der Waals surface area contributed by atoms with Gasteiger partial charge in [-0.25, -0.2) is 8.78 Å². The second-order valence-corrected chi connectivity index (χ2v) is 7.20. The summed E-state index contributed by atoms with van der Waals surface area (Å²) >= 11 is 0. The monoisotopic (exact) mass is 290 g/mol. The molecule has 0 amide bonds. The highest BCUT2D eigenvalue weighted by Crippen LogP contribution is 2.16. The molecule has 1 aromatic carbocycles. The Labute approximate surface area is 113 Å². The predicted molar refractivity (Wildman–Crippen MR) is 70.7 cm³/mol. The van der Waals surface area contributed by atoms with Crippen LogP contribution < -0.4 is 0 Å². The molecule has 0 spiro atoms. The van der Waals surface area contributed by atoms with E-state index in [2.05, 4.69) is 0 Å². The third-order valence-corrected chi connectivity index (χ3v) is 5.28. The molecule has 3 nitrogen and oxygen atoms in total. The molecule has 0 radical (unpaired) electrons. The zero-order valence-corrected chi connectivity index (χ0v) is 12.3. The number of benzene rings is 1. The van der Waals surface area contributed by atoms with Crippen LogP contribution in [0.15, 0.2) is 18.2 Å². The van der Waals surface area contributed by atoms with E-state index in [0.717, 1.165) is 25.3 Å². The van der Waals surface area contributed by atoms with Gasteiger partial charge in [-0.1, -0.05) is 6.42 Å². The lowest BCUT2D eigenvalue weighted by Crippen LogP contribution is -2.39. The Morgan fingerprint density at radius 2 is 1.58 bits per heavy atom. The number of halogens is 2. The highest BCUT2D eigenvalue weighted by atomic mass is 28.4. The minimum Gasteiger partial charge on any atom is -0.390 e. The molecule has 0 saturated heterocycles. The van der Waals surface area contributed by atoms with Gasteiger partial charge in [0, 0.05) is 26.3 Å². The second-order valence-electron chi connectivity index (χ2n) is 4.46. The molecule has 0 saturated carbocycles. The number of hydrogen-bond donors (Lipinski definition) is 1. The molecule has 19 heavy (non-hydrogen) atoms. The zero-order valence-electron chi connectivity index (χ0n) is 11.3. The van der Waals surface area contributed by atoms with Crippen molar-refractivity contribution in [2.24, 2.45) is 0 Å². The Bertz CT molecular complexity index is 377. The van der Waals surface area contributed by atoms with Gasteiger partial charge in [0.15, 0.2) is 0 Å². The van der Waals surface area contributed by atoms with Gasteiger partial charge in [-0.2, -0.15) is 0 Å². The molecule has 0 aliphatic carbocycles. The topological polar surface area (TPSA) is 38.7 Å². The van der Waals surface area contributed by atoms with Gasteiger partial charge in [0.1, 0.15) is 11.6 Å². The highest BCUT2D eigenvalue weighted by molar-refractivity contribution is 6.59. The summed E-state index contributed by atoms with van der Waals surface area (Å²) in [5.41, 5.74) is 0.656. The molecule has 6 heteroatoms. The first-order valence-electron chi connectivity index (χ1n) is 6.27. The summed E-state index contributed by atoms with van der Waals surface area (Å²) in [6.45, 7) is 0. The van der Waals surface area contributed by atoms with Crippen molar-refractivity contribution in [2.75, 3.05) is 14.2 Å². The first kappa shape index (κ1) is 16.2. The van der Waals surface area contributed by atoms with Crippen LogP contribution in [-0.4, -0.2) is 27.8 Å². The van der Waals surface area contributed by atoms with Crippen LogP contribution in [0.4, 0.5) is 8.78 Å². The van der Waals surface area contributed by atoms with Crippen molar-refractivity contribution < 1.29 is 22.4 Å². The second kappa shape index (κ2) is 7.69. The molecule has 1 N–H and O–H groups in total. The summed E-state index contributed by atoms with van der Waals surface area (Å²) in [4.78, 5) is 9.81. The average molecular weight is 290 g/mol. The largest absolute Gasteiger partial charge is 0.497 e. The van der Waals surface area contributed by atoms with Crippen LogP contribution >= 0.6 is 0 Å². The Balaban J connectivity index is 2.27. The Morgan fingerprint density at radius 1 is 1.00 bits per heavy atom. The molecule has 0 fully saturated rings. The van der Waals surface area contributed by atoms with Crippen molar-refractivity contribution in [3.05, 3.63) is 35.4 Å². The molecular formula is C13H20F2O3Si. The van der Waals surface area contributed by atoms with Gasteiger partial charge in [0.05, 0.1) is 0 Å². The lowest BCUT2D eigenvalue weighted by atomic mass is 10.1. The van der Waals surface area contributed by atoms with Crippen molar-refractivity contribution in [2.45, 2.75) is 31.7 Å². The maximum Gasteiger partial charge on any atom is 0.497 e. The normalized spacial score (nSPS) is 11.8. The number of unbranched alkanes of at least 4 members (excludes halogenated alkanes) is 2. The third kappa shape index (κ3) is 5.77. The molecule has 1 rings (SSSR count). The number of aryl methyl sites for hydroxylation is 1. The lowest BCUT2D eigenvalue weighted by molar-refractivity contribution is 0.150. The summed E-state index contributed by atoms with van der Waals surface area (Å²) in [5, 5.41) is 0. The summed E-state index contributed by atoms with van der Waals surface area (Å²) in [5.74, 6) is -1.09. The SMILES string of the molecule is CO[Si](O)(CCCCCc1cc(F)cc(F)c1)OC. The van der Waals surface area contributed by atoms with E-state index in [1.165, 1.54) is 26.4 Å². The molecule has 0 aliphatic rings. The standard InChI is InChI=1S/C13H20F2O3Si/c1-17-19(16,18-2)7-5-3-4-6-11-8-12(14)10-13(15)9-11/h8-10,16H,3-7H2,1-2H3. The van der Waals surface area contributed by atoms with E-state index in [0.29, 0.717) is 18.0 Å². The van der Waals surface area contributed by atoms with E-state index in [4.69, 9.17) is 8.85 Å². The molecule has 0 aromatic heterocycles. The van der Waals surface area contributed by atoms with Crippen LogP contribution in [-0.2, 0) is 15.3 Å². The quantitative estimate of drug-likeness (QED) is 0.591. The summed E-state index contributed by atoms with van der Waals surface area (Å²) in [7, 11) is -0.0930. The van der Waals surface area contributed by atoms with Crippen molar-refractivity contribution in [1.82, 2.24) is 0 Å². The van der Waals surface area contributed by atoms with Gasteiger partial charge in [-0.05, 0) is 37.0 Å². The molecule has 108 valence electrons. The van der Waals surface area contributed by atoms with E-state index in [1.54, 1.807) is 0 Å². The predicted octanol–water partition coefficient (Wildman–Crippen LogP) is 2.90. The van der Waals surface area contributed by atoms with E-state index in [1.807, 2.05) is 0 Å². The first-order chi connectivity index (χ1) is 8.99. The fourth-order valence-electron chi connectivity index (χ4n) is 1.90. The van der Waals surface area contributed by atoms with E-state index in [9.17, 15) is 13.6 Å². The number of rotatable bonds is 8. The first-order valence-corrected chi connectivity index (χ1v) is 8.24. The number of hydrogen-bond acceptors (Lipinski definition) is 3. The molecule has 0 heterocycles. The van der Waals surface area contributed by atoms with Crippen LogP contribution in [0, 0.1) is 11.6 Å². The molecule has 0 aliphatic heterocycles.